The van der Waals surface area contributed by atoms with E-state index in [9.17, 15) is 13.6 Å². The van der Waals surface area contributed by atoms with Gasteiger partial charge in [-0.05, 0) is 29.8 Å². The quantitative estimate of drug-likeness (QED) is 0.716. The summed E-state index contributed by atoms with van der Waals surface area (Å²) in [4.78, 5) is 14.8. The van der Waals surface area contributed by atoms with Gasteiger partial charge >= 0.3 is 0 Å². The van der Waals surface area contributed by atoms with Gasteiger partial charge in [0.15, 0.2) is 11.6 Å². The molecule has 0 atom stereocenters. The molecule has 0 fully saturated rings. The average molecular weight is 323 g/mol. The normalized spacial score (nSPS) is 10.9. The third kappa shape index (κ3) is 3.15. The monoisotopic (exact) mass is 323 g/mol. The SMILES string of the molecule is N#Cc1cccc(/C=C/C(=O)Nc2c[nH]c3cc(F)c(F)cc23)c1. The van der Waals surface area contributed by atoms with Crippen molar-refractivity contribution in [1.82, 2.24) is 4.98 Å². The van der Waals surface area contributed by atoms with Crippen LogP contribution in [0.25, 0.3) is 17.0 Å². The Morgan fingerprint density at radius 1 is 1.21 bits per heavy atom. The largest absolute Gasteiger partial charge is 0.359 e. The fraction of sp³-hybridized carbons (Fsp3) is 0. The molecule has 0 aliphatic heterocycles. The molecule has 3 rings (SSSR count). The van der Waals surface area contributed by atoms with Crippen LogP contribution in [0.4, 0.5) is 14.5 Å². The number of halogens is 2. The molecule has 0 saturated heterocycles. The molecule has 4 nitrogen and oxygen atoms in total. The standard InChI is InChI=1S/C18H11F2N3O/c19-14-7-13-16(8-15(14)20)22-10-17(13)23-18(24)5-4-11-2-1-3-12(6-11)9-21/h1-8,10,22H,(H,23,24)/b5-4+. The van der Waals surface area contributed by atoms with Crippen LogP contribution in [0.3, 0.4) is 0 Å². The molecule has 0 unspecified atom stereocenters. The highest BCUT2D eigenvalue weighted by atomic mass is 19.2. The van der Waals surface area contributed by atoms with Crippen LogP contribution in [-0.2, 0) is 4.79 Å². The van der Waals surface area contributed by atoms with E-state index in [-0.39, 0.29) is 0 Å². The molecule has 0 bridgehead atoms. The summed E-state index contributed by atoms with van der Waals surface area (Å²) in [6.45, 7) is 0. The van der Waals surface area contributed by atoms with Gasteiger partial charge in [0.2, 0.25) is 5.91 Å². The maximum Gasteiger partial charge on any atom is 0.248 e. The van der Waals surface area contributed by atoms with E-state index < -0.39 is 17.5 Å². The molecule has 1 aromatic heterocycles. The fourth-order valence-corrected chi connectivity index (χ4v) is 2.28. The van der Waals surface area contributed by atoms with Gasteiger partial charge in [-0.3, -0.25) is 4.79 Å². The summed E-state index contributed by atoms with van der Waals surface area (Å²) in [5.41, 5.74) is 1.93. The van der Waals surface area contributed by atoms with E-state index in [1.165, 1.54) is 12.3 Å². The first-order chi connectivity index (χ1) is 11.6. The Bertz CT molecular complexity index is 999. The van der Waals surface area contributed by atoms with Crippen molar-refractivity contribution in [3.05, 3.63) is 71.4 Å². The van der Waals surface area contributed by atoms with Crippen LogP contribution in [0.1, 0.15) is 11.1 Å². The van der Waals surface area contributed by atoms with Crippen molar-refractivity contribution in [3.8, 4) is 6.07 Å². The summed E-state index contributed by atoms with van der Waals surface area (Å²) in [6, 6.07) is 10.9. The lowest BCUT2D eigenvalue weighted by Gasteiger charge is -2.01. The van der Waals surface area contributed by atoms with E-state index in [2.05, 4.69) is 10.3 Å². The van der Waals surface area contributed by atoms with Crippen molar-refractivity contribution in [2.75, 3.05) is 5.32 Å². The highest BCUT2D eigenvalue weighted by molar-refractivity contribution is 6.07. The Kier molecular flexibility index (Phi) is 4.08. The summed E-state index contributed by atoms with van der Waals surface area (Å²) in [6.07, 6.45) is 4.33. The van der Waals surface area contributed by atoms with E-state index >= 15 is 0 Å². The second kappa shape index (κ2) is 6.34. The molecule has 0 aliphatic rings. The number of H-pyrrole nitrogens is 1. The van der Waals surface area contributed by atoms with Gasteiger partial charge in [-0.15, -0.1) is 0 Å². The zero-order valence-corrected chi connectivity index (χ0v) is 12.3. The maximum absolute atomic E-state index is 13.3. The number of fused-ring (bicyclic) bond motifs is 1. The molecule has 1 heterocycles. The number of aromatic nitrogens is 1. The highest BCUT2D eigenvalue weighted by Crippen LogP contribution is 2.25. The van der Waals surface area contributed by atoms with Crippen molar-refractivity contribution in [2.24, 2.45) is 0 Å². The van der Waals surface area contributed by atoms with Gasteiger partial charge in [-0.2, -0.15) is 5.26 Å². The number of carbonyl (C=O) groups excluding carboxylic acids is 1. The molecule has 118 valence electrons. The molecule has 0 spiro atoms. The van der Waals surface area contributed by atoms with E-state index in [1.807, 2.05) is 6.07 Å². The molecule has 2 aromatic carbocycles. The Morgan fingerprint density at radius 3 is 2.79 bits per heavy atom. The molecule has 0 saturated carbocycles. The summed E-state index contributed by atoms with van der Waals surface area (Å²) in [7, 11) is 0. The average Bonchev–Trinajstić information content (AvgIpc) is 2.95. The summed E-state index contributed by atoms with van der Waals surface area (Å²) >= 11 is 0. The van der Waals surface area contributed by atoms with Crippen LogP contribution in [0.2, 0.25) is 0 Å². The smallest absolute Gasteiger partial charge is 0.248 e. The minimum atomic E-state index is -0.985. The Morgan fingerprint density at radius 2 is 2.00 bits per heavy atom. The predicted molar refractivity (Wildman–Crippen MR) is 87.0 cm³/mol. The minimum Gasteiger partial charge on any atom is -0.359 e. The minimum absolute atomic E-state index is 0.351. The van der Waals surface area contributed by atoms with Crippen LogP contribution in [-0.4, -0.2) is 10.9 Å². The van der Waals surface area contributed by atoms with Crippen LogP contribution < -0.4 is 5.32 Å². The van der Waals surface area contributed by atoms with Gasteiger partial charge in [-0.1, -0.05) is 12.1 Å². The number of hydrogen-bond acceptors (Lipinski definition) is 2. The van der Waals surface area contributed by atoms with Gasteiger partial charge < -0.3 is 10.3 Å². The van der Waals surface area contributed by atoms with Crippen molar-refractivity contribution >= 4 is 28.6 Å². The van der Waals surface area contributed by atoms with Crippen LogP contribution >= 0.6 is 0 Å². The van der Waals surface area contributed by atoms with E-state index in [4.69, 9.17) is 5.26 Å². The van der Waals surface area contributed by atoms with Crippen LogP contribution in [0.15, 0.2) is 48.7 Å². The second-order valence-electron chi connectivity index (χ2n) is 5.07. The molecule has 0 radical (unpaired) electrons. The van der Waals surface area contributed by atoms with Crippen molar-refractivity contribution in [3.63, 3.8) is 0 Å². The summed E-state index contributed by atoms with van der Waals surface area (Å²) in [5.74, 6) is -2.37. The van der Waals surface area contributed by atoms with Crippen molar-refractivity contribution in [2.45, 2.75) is 0 Å². The summed E-state index contributed by atoms with van der Waals surface area (Å²) < 4.78 is 26.5. The summed E-state index contributed by atoms with van der Waals surface area (Å²) in [5, 5.41) is 11.8. The lowest BCUT2D eigenvalue weighted by Crippen LogP contribution is -2.07. The molecule has 0 aliphatic carbocycles. The number of benzene rings is 2. The van der Waals surface area contributed by atoms with E-state index in [1.54, 1.807) is 30.3 Å². The van der Waals surface area contributed by atoms with Crippen LogP contribution in [0.5, 0.6) is 0 Å². The van der Waals surface area contributed by atoms with Gasteiger partial charge in [0.25, 0.3) is 0 Å². The molecular weight excluding hydrogens is 312 g/mol. The highest BCUT2D eigenvalue weighted by Gasteiger charge is 2.10. The number of hydrogen-bond donors (Lipinski definition) is 2. The predicted octanol–water partition coefficient (Wildman–Crippen LogP) is 3.97. The second-order valence-corrected chi connectivity index (χ2v) is 5.07. The zero-order valence-electron chi connectivity index (χ0n) is 12.3. The first kappa shape index (κ1) is 15.4. The third-order valence-corrected chi connectivity index (χ3v) is 3.42. The number of anilines is 1. The van der Waals surface area contributed by atoms with Gasteiger partial charge in [-0.25, -0.2) is 8.78 Å². The Hall–Kier alpha value is -3.46. The van der Waals surface area contributed by atoms with Gasteiger partial charge in [0, 0.05) is 23.7 Å². The number of amides is 1. The van der Waals surface area contributed by atoms with Crippen molar-refractivity contribution < 1.29 is 13.6 Å². The molecule has 2 N–H and O–H groups in total. The Labute approximate surface area is 136 Å². The third-order valence-electron chi connectivity index (χ3n) is 3.42. The first-order valence-corrected chi connectivity index (χ1v) is 7.02. The number of nitrogens with zero attached hydrogens (tertiary/aromatic N) is 1. The van der Waals surface area contributed by atoms with E-state index in [0.29, 0.717) is 27.7 Å². The first-order valence-electron chi connectivity index (χ1n) is 7.02. The number of nitriles is 1. The lowest BCUT2D eigenvalue weighted by molar-refractivity contribution is -0.111. The number of carbonyl (C=O) groups is 1. The molecular formula is C18H11F2N3O. The molecule has 1 amide bonds. The number of aromatic amines is 1. The maximum atomic E-state index is 13.3. The zero-order chi connectivity index (χ0) is 17.1. The molecule has 3 aromatic rings. The number of nitrogens with one attached hydrogen (secondary N) is 2. The lowest BCUT2D eigenvalue weighted by atomic mass is 10.1. The van der Waals surface area contributed by atoms with E-state index in [0.717, 1.165) is 12.1 Å². The van der Waals surface area contributed by atoms with Crippen LogP contribution in [0, 0.1) is 23.0 Å². The topological polar surface area (TPSA) is 68.7 Å². The molecule has 6 heteroatoms. The fourth-order valence-electron chi connectivity index (χ4n) is 2.28. The number of rotatable bonds is 3. The Balaban J connectivity index is 1.79. The van der Waals surface area contributed by atoms with Crippen molar-refractivity contribution in [1.29, 1.82) is 5.26 Å². The van der Waals surface area contributed by atoms with Gasteiger partial charge in [0.1, 0.15) is 0 Å². The van der Waals surface area contributed by atoms with Gasteiger partial charge in [0.05, 0.1) is 22.8 Å². The molecule has 24 heavy (non-hydrogen) atoms.